The molecular weight excluding hydrogens is 386 g/mol. The summed E-state index contributed by atoms with van der Waals surface area (Å²) in [4.78, 5) is 34.9. The molecule has 0 spiro atoms. The summed E-state index contributed by atoms with van der Waals surface area (Å²) < 4.78 is 0. The predicted octanol–water partition coefficient (Wildman–Crippen LogP) is 3.81. The molecule has 1 aliphatic rings. The number of nitrogens with zero attached hydrogens (tertiary/aromatic N) is 3. The number of hydrogen-bond donors (Lipinski definition) is 2. The zero-order valence-corrected chi connectivity index (χ0v) is 17.3. The standard InChI is InChI=1S/C21H23N5O2S/c1-13-11-19(24-18-4-3-16(12-17(13)18)23-14(2)27)26-8-5-15(6-9-26)20(28)25-21-22-7-10-29-21/h3-4,7,10-12,15H,5-6,8-9H2,1-2H3,(H,23,27)(H,22,25,28). The second-order valence-electron chi connectivity index (χ2n) is 7.30. The van der Waals surface area contributed by atoms with Crippen molar-refractivity contribution >= 4 is 50.7 Å². The number of benzene rings is 1. The molecule has 1 aliphatic heterocycles. The topological polar surface area (TPSA) is 87.2 Å². The fourth-order valence-corrected chi connectivity index (χ4v) is 4.21. The van der Waals surface area contributed by atoms with Crippen molar-refractivity contribution in [3.8, 4) is 0 Å². The molecule has 2 amide bonds. The van der Waals surface area contributed by atoms with Crippen LogP contribution in [0.25, 0.3) is 10.9 Å². The minimum atomic E-state index is -0.0895. The molecule has 8 heteroatoms. The molecule has 7 nitrogen and oxygen atoms in total. The summed E-state index contributed by atoms with van der Waals surface area (Å²) in [6.45, 7) is 5.13. The molecule has 4 rings (SSSR count). The first-order chi connectivity index (χ1) is 14.0. The summed E-state index contributed by atoms with van der Waals surface area (Å²) in [5, 5.41) is 9.25. The Morgan fingerprint density at radius 2 is 1.97 bits per heavy atom. The van der Waals surface area contributed by atoms with E-state index in [4.69, 9.17) is 4.98 Å². The molecule has 0 radical (unpaired) electrons. The molecule has 0 saturated carbocycles. The van der Waals surface area contributed by atoms with Gasteiger partial charge in [-0.25, -0.2) is 9.97 Å². The van der Waals surface area contributed by atoms with Gasteiger partial charge in [0.05, 0.1) is 5.52 Å². The normalized spacial score (nSPS) is 14.8. The summed E-state index contributed by atoms with van der Waals surface area (Å²) in [6, 6.07) is 7.84. The minimum absolute atomic E-state index is 0.00285. The summed E-state index contributed by atoms with van der Waals surface area (Å²) in [5.41, 5.74) is 2.79. The highest BCUT2D eigenvalue weighted by atomic mass is 32.1. The third-order valence-electron chi connectivity index (χ3n) is 5.17. The lowest BCUT2D eigenvalue weighted by Gasteiger charge is -2.32. The Morgan fingerprint density at radius 1 is 1.17 bits per heavy atom. The van der Waals surface area contributed by atoms with Gasteiger partial charge in [-0.2, -0.15) is 0 Å². The number of amides is 2. The predicted molar refractivity (Wildman–Crippen MR) is 116 cm³/mol. The lowest BCUT2D eigenvalue weighted by atomic mass is 9.96. The van der Waals surface area contributed by atoms with Gasteiger partial charge in [0.15, 0.2) is 5.13 Å². The fourth-order valence-electron chi connectivity index (χ4n) is 3.68. The second kappa shape index (κ2) is 8.16. The number of aromatic nitrogens is 2. The third-order valence-corrected chi connectivity index (χ3v) is 5.86. The van der Waals surface area contributed by atoms with Crippen LogP contribution in [0, 0.1) is 12.8 Å². The molecule has 0 bridgehead atoms. The molecular formula is C21H23N5O2S. The molecule has 0 aliphatic carbocycles. The van der Waals surface area contributed by atoms with Crippen LogP contribution in [0.15, 0.2) is 35.8 Å². The maximum Gasteiger partial charge on any atom is 0.229 e. The molecule has 1 aromatic carbocycles. The van der Waals surface area contributed by atoms with Crippen LogP contribution in [0.5, 0.6) is 0 Å². The second-order valence-corrected chi connectivity index (χ2v) is 8.19. The van der Waals surface area contributed by atoms with Gasteiger partial charge in [0.1, 0.15) is 5.82 Å². The van der Waals surface area contributed by atoms with E-state index in [0.717, 1.165) is 53.9 Å². The van der Waals surface area contributed by atoms with E-state index in [-0.39, 0.29) is 17.7 Å². The Kier molecular flexibility index (Phi) is 5.44. The van der Waals surface area contributed by atoms with Crippen LogP contribution in [-0.2, 0) is 9.59 Å². The van der Waals surface area contributed by atoms with E-state index in [2.05, 4.69) is 33.5 Å². The number of thiazole rings is 1. The number of piperidine rings is 1. The average molecular weight is 410 g/mol. The lowest BCUT2D eigenvalue weighted by molar-refractivity contribution is -0.120. The van der Waals surface area contributed by atoms with Crippen LogP contribution in [-0.4, -0.2) is 34.9 Å². The molecule has 3 heterocycles. The van der Waals surface area contributed by atoms with Crippen molar-refractivity contribution in [1.82, 2.24) is 9.97 Å². The summed E-state index contributed by atoms with van der Waals surface area (Å²) in [7, 11) is 0. The van der Waals surface area contributed by atoms with Gasteiger partial charge in [0, 0.05) is 48.6 Å². The fraction of sp³-hybridized carbons (Fsp3) is 0.333. The van der Waals surface area contributed by atoms with Crippen LogP contribution >= 0.6 is 11.3 Å². The number of fused-ring (bicyclic) bond motifs is 1. The van der Waals surface area contributed by atoms with Crippen molar-refractivity contribution in [1.29, 1.82) is 0 Å². The molecule has 0 atom stereocenters. The van der Waals surface area contributed by atoms with Gasteiger partial charge in [0.25, 0.3) is 0 Å². The molecule has 29 heavy (non-hydrogen) atoms. The maximum absolute atomic E-state index is 12.4. The molecule has 1 fully saturated rings. The Hall–Kier alpha value is -3.00. The number of hydrogen-bond acceptors (Lipinski definition) is 6. The van der Waals surface area contributed by atoms with Gasteiger partial charge in [-0.1, -0.05) is 0 Å². The van der Waals surface area contributed by atoms with Gasteiger partial charge in [-0.3, -0.25) is 9.59 Å². The first-order valence-corrected chi connectivity index (χ1v) is 10.5. The smallest absolute Gasteiger partial charge is 0.229 e. The number of pyridine rings is 1. The van der Waals surface area contributed by atoms with E-state index in [9.17, 15) is 9.59 Å². The molecule has 1 saturated heterocycles. The zero-order valence-electron chi connectivity index (χ0n) is 16.4. The highest BCUT2D eigenvalue weighted by Gasteiger charge is 2.26. The van der Waals surface area contributed by atoms with E-state index >= 15 is 0 Å². The Balaban J connectivity index is 1.45. The number of anilines is 3. The van der Waals surface area contributed by atoms with E-state index < -0.39 is 0 Å². The molecule has 150 valence electrons. The van der Waals surface area contributed by atoms with Crippen LogP contribution in [0.4, 0.5) is 16.6 Å². The summed E-state index contributed by atoms with van der Waals surface area (Å²) >= 11 is 1.43. The Labute approximate surface area is 173 Å². The highest BCUT2D eigenvalue weighted by molar-refractivity contribution is 7.13. The van der Waals surface area contributed by atoms with E-state index in [0.29, 0.717) is 5.13 Å². The zero-order chi connectivity index (χ0) is 20.4. The maximum atomic E-state index is 12.4. The van der Waals surface area contributed by atoms with Crippen molar-refractivity contribution in [3.05, 3.63) is 41.4 Å². The third kappa shape index (κ3) is 4.37. The number of carbonyl (C=O) groups is 2. The first kappa shape index (κ1) is 19.3. The van der Waals surface area contributed by atoms with Gasteiger partial charge in [0.2, 0.25) is 11.8 Å². The van der Waals surface area contributed by atoms with Gasteiger partial charge in [-0.05, 0) is 49.6 Å². The van der Waals surface area contributed by atoms with Gasteiger partial charge >= 0.3 is 0 Å². The van der Waals surface area contributed by atoms with Crippen molar-refractivity contribution in [2.24, 2.45) is 5.92 Å². The van der Waals surface area contributed by atoms with Crippen molar-refractivity contribution in [2.45, 2.75) is 26.7 Å². The molecule has 0 unspecified atom stereocenters. The van der Waals surface area contributed by atoms with Crippen molar-refractivity contribution < 1.29 is 9.59 Å². The number of carbonyl (C=O) groups excluding carboxylic acids is 2. The van der Waals surface area contributed by atoms with Crippen LogP contribution in [0.3, 0.4) is 0 Å². The summed E-state index contributed by atoms with van der Waals surface area (Å²) in [5.74, 6) is 0.888. The van der Waals surface area contributed by atoms with E-state index in [1.807, 2.05) is 23.6 Å². The Bertz CT molecular complexity index is 1040. The van der Waals surface area contributed by atoms with Crippen molar-refractivity contribution in [2.75, 3.05) is 28.6 Å². The molecule has 2 N–H and O–H groups in total. The first-order valence-electron chi connectivity index (χ1n) is 9.64. The largest absolute Gasteiger partial charge is 0.357 e. The quantitative estimate of drug-likeness (QED) is 0.684. The van der Waals surface area contributed by atoms with E-state index in [1.54, 1.807) is 6.20 Å². The lowest BCUT2D eigenvalue weighted by Crippen LogP contribution is -2.38. The van der Waals surface area contributed by atoms with Crippen LogP contribution in [0.1, 0.15) is 25.3 Å². The minimum Gasteiger partial charge on any atom is -0.357 e. The van der Waals surface area contributed by atoms with Gasteiger partial charge < -0.3 is 15.5 Å². The number of aryl methyl sites for hydroxylation is 1. The molecule has 3 aromatic rings. The Morgan fingerprint density at radius 3 is 2.66 bits per heavy atom. The van der Waals surface area contributed by atoms with E-state index in [1.165, 1.54) is 18.3 Å². The summed E-state index contributed by atoms with van der Waals surface area (Å²) in [6.07, 6.45) is 3.27. The number of rotatable bonds is 4. The van der Waals surface area contributed by atoms with Crippen LogP contribution in [0.2, 0.25) is 0 Å². The van der Waals surface area contributed by atoms with Crippen molar-refractivity contribution in [3.63, 3.8) is 0 Å². The average Bonchev–Trinajstić information content (AvgIpc) is 3.21. The molecule has 2 aromatic heterocycles. The highest BCUT2D eigenvalue weighted by Crippen LogP contribution is 2.28. The number of nitrogens with one attached hydrogen (secondary N) is 2. The SMILES string of the molecule is CC(=O)Nc1ccc2nc(N3CCC(C(=O)Nc4nccs4)CC3)cc(C)c2c1. The van der Waals surface area contributed by atoms with Gasteiger partial charge in [-0.15, -0.1) is 11.3 Å². The van der Waals surface area contributed by atoms with Crippen LogP contribution < -0.4 is 15.5 Å². The monoisotopic (exact) mass is 409 g/mol.